The van der Waals surface area contributed by atoms with Crippen molar-refractivity contribution in [1.29, 1.82) is 0 Å². The van der Waals surface area contributed by atoms with Gasteiger partial charge in [-0.25, -0.2) is 8.78 Å². The molecule has 13 heavy (non-hydrogen) atoms. The summed E-state index contributed by atoms with van der Waals surface area (Å²) in [6.07, 6.45) is 0.578. The number of rotatable bonds is 2. The molecule has 0 saturated heterocycles. The third-order valence-electron chi connectivity index (χ3n) is 1.73. The quantitative estimate of drug-likeness (QED) is 0.747. The van der Waals surface area contributed by atoms with Crippen LogP contribution in [0.2, 0.25) is 0 Å². The van der Waals surface area contributed by atoms with Crippen LogP contribution >= 0.6 is 11.8 Å². The lowest BCUT2D eigenvalue weighted by atomic mass is 10.1. The highest BCUT2D eigenvalue weighted by molar-refractivity contribution is 7.98. The molecular formula is C9H10F2OS. The molecule has 0 aromatic heterocycles. The van der Waals surface area contributed by atoms with E-state index in [0.29, 0.717) is 4.90 Å². The Labute approximate surface area is 79.8 Å². The van der Waals surface area contributed by atoms with Crippen molar-refractivity contribution in [2.75, 3.05) is 6.26 Å². The molecule has 0 aliphatic heterocycles. The molecule has 0 fully saturated rings. The smallest absolute Gasteiger partial charge is 0.145 e. The Balaban J connectivity index is 3.30. The van der Waals surface area contributed by atoms with Crippen LogP contribution in [-0.4, -0.2) is 11.4 Å². The van der Waals surface area contributed by atoms with E-state index in [1.807, 2.05) is 0 Å². The van der Waals surface area contributed by atoms with Crippen molar-refractivity contribution in [1.82, 2.24) is 0 Å². The second-order valence-corrected chi connectivity index (χ2v) is 3.50. The van der Waals surface area contributed by atoms with Crippen LogP contribution in [0, 0.1) is 11.6 Å². The van der Waals surface area contributed by atoms with Gasteiger partial charge >= 0.3 is 0 Å². The maximum atomic E-state index is 13.4. The lowest BCUT2D eigenvalue weighted by Gasteiger charge is -2.09. The first-order chi connectivity index (χ1) is 6.07. The monoisotopic (exact) mass is 204 g/mol. The number of aliphatic hydroxyl groups is 1. The fourth-order valence-corrected chi connectivity index (χ4v) is 1.58. The highest BCUT2D eigenvalue weighted by atomic mass is 32.2. The number of halogens is 2. The molecule has 0 aliphatic rings. The molecule has 0 aliphatic carbocycles. The fraction of sp³-hybridized carbons (Fsp3) is 0.333. The topological polar surface area (TPSA) is 20.2 Å². The van der Waals surface area contributed by atoms with Gasteiger partial charge in [-0.3, -0.25) is 0 Å². The lowest BCUT2D eigenvalue weighted by Crippen LogP contribution is -2.01. The summed E-state index contributed by atoms with van der Waals surface area (Å²) in [7, 11) is 0. The first kappa shape index (κ1) is 10.5. The fourth-order valence-electron chi connectivity index (χ4n) is 1.09. The number of benzene rings is 1. The summed E-state index contributed by atoms with van der Waals surface area (Å²) in [6.45, 7) is 1.34. The van der Waals surface area contributed by atoms with E-state index in [4.69, 9.17) is 5.11 Å². The predicted molar refractivity (Wildman–Crippen MR) is 48.8 cm³/mol. The molecule has 0 amide bonds. The van der Waals surface area contributed by atoms with Gasteiger partial charge in [-0.2, -0.15) is 0 Å². The van der Waals surface area contributed by atoms with E-state index in [1.54, 1.807) is 6.26 Å². The van der Waals surface area contributed by atoms with Gasteiger partial charge in [-0.05, 0) is 25.3 Å². The van der Waals surface area contributed by atoms with E-state index >= 15 is 0 Å². The van der Waals surface area contributed by atoms with E-state index < -0.39 is 17.7 Å². The van der Waals surface area contributed by atoms with E-state index in [9.17, 15) is 8.78 Å². The Kier molecular flexibility index (Phi) is 3.27. The molecule has 0 saturated carbocycles. The first-order valence-electron chi connectivity index (χ1n) is 3.78. The molecule has 0 heterocycles. The predicted octanol–water partition coefficient (Wildman–Crippen LogP) is 2.74. The molecule has 0 spiro atoms. The second kappa shape index (κ2) is 4.07. The van der Waals surface area contributed by atoms with Crippen LogP contribution in [0.3, 0.4) is 0 Å². The third kappa shape index (κ3) is 2.00. The molecule has 1 rings (SSSR count). The molecule has 4 heteroatoms. The highest BCUT2D eigenvalue weighted by Crippen LogP contribution is 2.27. The number of hydrogen-bond acceptors (Lipinski definition) is 2. The van der Waals surface area contributed by atoms with Crippen molar-refractivity contribution >= 4 is 11.8 Å². The number of hydrogen-bond donors (Lipinski definition) is 1. The summed E-state index contributed by atoms with van der Waals surface area (Å²) >= 11 is 1.18. The minimum Gasteiger partial charge on any atom is -0.388 e. The van der Waals surface area contributed by atoms with Crippen LogP contribution in [0.1, 0.15) is 18.6 Å². The molecule has 1 N–H and O–H groups in total. The largest absolute Gasteiger partial charge is 0.388 e. The highest BCUT2D eigenvalue weighted by Gasteiger charge is 2.16. The molecule has 0 bridgehead atoms. The first-order valence-corrected chi connectivity index (χ1v) is 5.00. The summed E-state index contributed by atoms with van der Waals surface area (Å²) < 4.78 is 26.4. The average Bonchev–Trinajstić information content (AvgIpc) is 2.04. The van der Waals surface area contributed by atoms with Crippen molar-refractivity contribution in [3.05, 3.63) is 29.3 Å². The third-order valence-corrected chi connectivity index (χ3v) is 2.48. The van der Waals surface area contributed by atoms with Crippen molar-refractivity contribution in [3.63, 3.8) is 0 Å². The molecule has 1 atom stereocenters. The van der Waals surface area contributed by atoms with E-state index in [-0.39, 0.29) is 5.56 Å². The Bertz CT molecular complexity index is 313. The van der Waals surface area contributed by atoms with Gasteiger partial charge in [0.25, 0.3) is 0 Å². The normalized spacial score (nSPS) is 13.0. The van der Waals surface area contributed by atoms with Crippen LogP contribution in [0.25, 0.3) is 0 Å². The van der Waals surface area contributed by atoms with Gasteiger partial charge in [0, 0.05) is 4.90 Å². The molecule has 72 valence electrons. The summed E-state index contributed by atoms with van der Waals surface area (Å²) in [6, 6.07) is 2.53. The zero-order valence-corrected chi connectivity index (χ0v) is 8.16. The molecule has 1 nitrogen and oxygen atoms in total. The number of aliphatic hydroxyl groups excluding tert-OH is 1. The van der Waals surface area contributed by atoms with E-state index in [0.717, 1.165) is 6.07 Å². The lowest BCUT2D eigenvalue weighted by molar-refractivity contribution is 0.187. The van der Waals surface area contributed by atoms with Crippen molar-refractivity contribution in [3.8, 4) is 0 Å². The van der Waals surface area contributed by atoms with Crippen molar-refractivity contribution < 1.29 is 13.9 Å². The summed E-state index contributed by atoms with van der Waals surface area (Å²) in [5, 5.41) is 9.12. The molecular weight excluding hydrogens is 194 g/mol. The molecule has 0 radical (unpaired) electrons. The van der Waals surface area contributed by atoms with Gasteiger partial charge in [0.05, 0.1) is 11.7 Å². The average molecular weight is 204 g/mol. The Morgan fingerprint density at radius 1 is 1.38 bits per heavy atom. The van der Waals surface area contributed by atoms with Crippen LogP contribution in [0.15, 0.2) is 17.0 Å². The molecule has 1 aromatic rings. The van der Waals surface area contributed by atoms with Crippen molar-refractivity contribution in [2.24, 2.45) is 0 Å². The summed E-state index contributed by atoms with van der Waals surface area (Å²) in [5.41, 5.74) is -0.258. The Hall–Kier alpha value is -0.610. The number of thioether (sulfide) groups is 1. The molecule has 1 aromatic carbocycles. The van der Waals surface area contributed by atoms with Crippen LogP contribution in [0.5, 0.6) is 0 Å². The van der Waals surface area contributed by atoms with Gasteiger partial charge in [0.1, 0.15) is 11.6 Å². The standard InChI is InChI=1S/C9H10F2OS/c1-5(12)8-6(10)3-4-7(13-2)9(8)11/h3-5,12H,1-2H3. The summed E-state index contributed by atoms with van der Waals surface area (Å²) in [4.78, 5) is 0.345. The zero-order valence-electron chi connectivity index (χ0n) is 7.34. The van der Waals surface area contributed by atoms with Crippen LogP contribution in [0.4, 0.5) is 8.78 Å². The Morgan fingerprint density at radius 3 is 2.46 bits per heavy atom. The maximum Gasteiger partial charge on any atom is 0.145 e. The minimum absolute atomic E-state index is 0.258. The second-order valence-electron chi connectivity index (χ2n) is 2.65. The van der Waals surface area contributed by atoms with E-state index in [2.05, 4.69) is 0 Å². The summed E-state index contributed by atoms with van der Waals surface area (Å²) in [5.74, 6) is -1.37. The Morgan fingerprint density at radius 2 is 2.00 bits per heavy atom. The van der Waals surface area contributed by atoms with Gasteiger partial charge in [0.2, 0.25) is 0 Å². The van der Waals surface area contributed by atoms with Gasteiger partial charge in [0.15, 0.2) is 0 Å². The minimum atomic E-state index is -1.12. The SMILES string of the molecule is CSc1ccc(F)c(C(C)O)c1F. The van der Waals surface area contributed by atoms with Crippen molar-refractivity contribution in [2.45, 2.75) is 17.9 Å². The van der Waals surface area contributed by atoms with Gasteiger partial charge in [-0.15, -0.1) is 11.8 Å². The zero-order chi connectivity index (χ0) is 10.0. The van der Waals surface area contributed by atoms with Gasteiger partial charge in [-0.1, -0.05) is 0 Å². The maximum absolute atomic E-state index is 13.4. The molecule has 1 unspecified atom stereocenters. The van der Waals surface area contributed by atoms with Crippen LogP contribution < -0.4 is 0 Å². The van der Waals surface area contributed by atoms with Crippen LogP contribution in [-0.2, 0) is 0 Å². The van der Waals surface area contributed by atoms with E-state index in [1.165, 1.54) is 24.8 Å². The van der Waals surface area contributed by atoms with Gasteiger partial charge < -0.3 is 5.11 Å².